The SMILES string of the molecule is CC(C)c1ccc(N2CCN(C(C)C)CC2)nc1.CC(C)c1ccc(N2CCN(CCO)CC2)cn1.CCN1CCN(c2ccc(C(C)C)c(OC)c2)CC1.CCN1CCN(c2ccc(C(C)C)nc2)CC1. The van der Waals surface area contributed by atoms with E-state index >= 15 is 0 Å². The highest BCUT2D eigenvalue weighted by molar-refractivity contribution is 5.55. The normalized spacial score (nSPS) is 17.5. The summed E-state index contributed by atoms with van der Waals surface area (Å²) >= 11 is 0. The van der Waals surface area contributed by atoms with Crippen LogP contribution in [-0.2, 0) is 0 Å². The van der Waals surface area contributed by atoms with E-state index in [-0.39, 0.29) is 6.61 Å². The Bertz CT molecular complexity index is 2070. The van der Waals surface area contributed by atoms with E-state index in [1.807, 2.05) is 18.6 Å². The van der Waals surface area contributed by atoms with Crippen LogP contribution in [0.3, 0.4) is 0 Å². The van der Waals surface area contributed by atoms with Gasteiger partial charge in [0.1, 0.15) is 11.6 Å². The van der Waals surface area contributed by atoms with Crippen LogP contribution in [0.2, 0.25) is 0 Å². The van der Waals surface area contributed by atoms with Crippen LogP contribution in [0, 0.1) is 0 Å². The molecule has 4 aliphatic heterocycles. The summed E-state index contributed by atoms with van der Waals surface area (Å²) in [7, 11) is 1.76. The van der Waals surface area contributed by atoms with Crippen LogP contribution < -0.4 is 24.3 Å². The van der Waals surface area contributed by atoms with Crippen LogP contribution in [0.4, 0.5) is 22.9 Å². The summed E-state index contributed by atoms with van der Waals surface area (Å²) in [5.74, 6) is 4.21. The summed E-state index contributed by atoms with van der Waals surface area (Å²) in [6, 6.07) is 20.3. The van der Waals surface area contributed by atoms with Crippen molar-refractivity contribution in [1.29, 1.82) is 0 Å². The van der Waals surface area contributed by atoms with Crippen LogP contribution in [0.1, 0.15) is 129 Å². The van der Waals surface area contributed by atoms with Gasteiger partial charge in [-0.1, -0.05) is 81.4 Å². The number of likely N-dealkylation sites (N-methyl/N-ethyl adjacent to an activating group) is 2. The number of ether oxygens (including phenoxy) is 1. The lowest BCUT2D eigenvalue weighted by molar-refractivity contribution is 0.189. The number of rotatable bonds is 14. The average Bonchev–Trinajstić information content (AvgIpc) is 3.41. The summed E-state index contributed by atoms with van der Waals surface area (Å²) in [4.78, 5) is 33.1. The van der Waals surface area contributed by atoms with Crippen molar-refractivity contribution in [3.63, 3.8) is 0 Å². The second-order valence-corrected chi connectivity index (χ2v) is 21.4. The molecule has 1 aromatic carbocycles. The van der Waals surface area contributed by atoms with Gasteiger partial charge >= 0.3 is 0 Å². The Balaban J connectivity index is 0.000000178. The first-order chi connectivity index (χ1) is 34.6. The fourth-order valence-electron chi connectivity index (χ4n) is 9.63. The molecule has 13 heteroatoms. The molecule has 0 saturated carbocycles. The van der Waals surface area contributed by atoms with Gasteiger partial charge in [-0.25, -0.2) is 4.98 Å². The van der Waals surface area contributed by atoms with Gasteiger partial charge in [-0.2, -0.15) is 0 Å². The summed E-state index contributed by atoms with van der Waals surface area (Å²) in [5, 5.41) is 8.92. The lowest BCUT2D eigenvalue weighted by atomic mass is 10.0. The zero-order chi connectivity index (χ0) is 52.2. The summed E-state index contributed by atoms with van der Waals surface area (Å²) < 4.78 is 5.54. The third-order valence-electron chi connectivity index (χ3n) is 14.9. The molecule has 0 amide bonds. The van der Waals surface area contributed by atoms with Crippen molar-refractivity contribution in [3.05, 3.63) is 95.7 Å². The molecule has 13 nitrogen and oxygen atoms in total. The topological polar surface area (TPSA) is 94.0 Å². The molecular formula is C59H97N11O2. The predicted octanol–water partition coefficient (Wildman–Crippen LogP) is 9.36. The molecule has 7 heterocycles. The number of nitrogens with zero attached hydrogens (tertiary/aromatic N) is 11. The lowest BCUT2D eigenvalue weighted by Gasteiger charge is -2.37. The predicted molar refractivity (Wildman–Crippen MR) is 305 cm³/mol. The average molecular weight is 992 g/mol. The molecule has 400 valence electrons. The number of methoxy groups -OCH3 is 1. The van der Waals surface area contributed by atoms with Gasteiger partial charge in [-0.3, -0.25) is 19.8 Å². The second-order valence-electron chi connectivity index (χ2n) is 21.4. The molecule has 0 atom stereocenters. The number of hydrogen-bond acceptors (Lipinski definition) is 13. The van der Waals surface area contributed by atoms with Crippen molar-refractivity contribution in [2.45, 2.75) is 113 Å². The van der Waals surface area contributed by atoms with Gasteiger partial charge in [-0.15, -0.1) is 0 Å². The maximum absolute atomic E-state index is 8.92. The van der Waals surface area contributed by atoms with Crippen molar-refractivity contribution in [1.82, 2.24) is 34.6 Å². The Morgan fingerprint density at radius 3 is 1.29 bits per heavy atom. The highest BCUT2D eigenvalue weighted by Gasteiger charge is 2.22. The van der Waals surface area contributed by atoms with Crippen molar-refractivity contribution >= 4 is 22.9 Å². The number of benzene rings is 1. The van der Waals surface area contributed by atoms with Gasteiger partial charge in [0.25, 0.3) is 0 Å². The fourth-order valence-corrected chi connectivity index (χ4v) is 9.63. The molecular weight excluding hydrogens is 895 g/mol. The summed E-state index contributed by atoms with van der Waals surface area (Å²) in [6.45, 7) is 47.5. The van der Waals surface area contributed by atoms with E-state index in [0.717, 1.165) is 122 Å². The van der Waals surface area contributed by atoms with E-state index in [4.69, 9.17) is 9.84 Å². The van der Waals surface area contributed by atoms with Crippen molar-refractivity contribution in [2.75, 3.05) is 158 Å². The maximum atomic E-state index is 8.92. The molecule has 0 aliphatic carbocycles. The quantitative estimate of drug-likeness (QED) is 0.130. The zero-order valence-electron chi connectivity index (χ0n) is 47.2. The lowest BCUT2D eigenvalue weighted by Crippen LogP contribution is -2.49. The van der Waals surface area contributed by atoms with Crippen LogP contribution in [0.5, 0.6) is 5.75 Å². The minimum Gasteiger partial charge on any atom is -0.496 e. The largest absolute Gasteiger partial charge is 0.496 e. The molecule has 4 fully saturated rings. The Labute approximate surface area is 437 Å². The van der Waals surface area contributed by atoms with E-state index in [9.17, 15) is 0 Å². The van der Waals surface area contributed by atoms with E-state index in [2.05, 4.69) is 192 Å². The first-order valence-electron chi connectivity index (χ1n) is 27.7. The number of aliphatic hydroxyl groups is 1. The number of pyridine rings is 3. The minimum absolute atomic E-state index is 0.255. The van der Waals surface area contributed by atoms with E-state index in [1.165, 1.54) is 53.5 Å². The van der Waals surface area contributed by atoms with Crippen LogP contribution in [0.25, 0.3) is 0 Å². The zero-order valence-corrected chi connectivity index (χ0v) is 47.2. The number of aliphatic hydroxyl groups excluding tert-OH is 1. The van der Waals surface area contributed by atoms with Crippen LogP contribution >= 0.6 is 0 Å². The molecule has 4 aromatic rings. The molecule has 0 unspecified atom stereocenters. The molecule has 72 heavy (non-hydrogen) atoms. The highest BCUT2D eigenvalue weighted by atomic mass is 16.5. The van der Waals surface area contributed by atoms with Crippen molar-refractivity contribution in [2.24, 2.45) is 0 Å². The van der Waals surface area contributed by atoms with Gasteiger partial charge in [0.05, 0.1) is 37.5 Å². The third-order valence-corrected chi connectivity index (χ3v) is 14.9. The first kappa shape index (κ1) is 58.4. The van der Waals surface area contributed by atoms with E-state index < -0.39 is 0 Å². The Hall–Kier alpha value is -4.53. The van der Waals surface area contributed by atoms with Crippen molar-refractivity contribution in [3.8, 4) is 5.75 Å². The number of piperazine rings is 4. The van der Waals surface area contributed by atoms with Crippen LogP contribution in [-0.4, -0.2) is 184 Å². The highest BCUT2D eigenvalue weighted by Crippen LogP contribution is 2.31. The number of anilines is 4. The molecule has 3 aromatic heterocycles. The maximum Gasteiger partial charge on any atom is 0.128 e. The summed E-state index contributed by atoms with van der Waals surface area (Å²) in [6.07, 6.45) is 6.03. The second kappa shape index (κ2) is 30.0. The third kappa shape index (κ3) is 17.8. The number of β-amino-alcohol motifs (C(OH)–C–C–N with tert-alkyl or cyclic N) is 1. The van der Waals surface area contributed by atoms with Gasteiger partial charge in [0, 0.05) is 147 Å². The first-order valence-corrected chi connectivity index (χ1v) is 27.7. The molecule has 0 bridgehead atoms. The van der Waals surface area contributed by atoms with Gasteiger partial charge < -0.3 is 39.2 Å². The molecule has 8 rings (SSSR count). The Kier molecular flexibility index (Phi) is 24.3. The van der Waals surface area contributed by atoms with Gasteiger partial charge in [0.15, 0.2) is 0 Å². The Morgan fingerprint density at radius 1 is 0.472 bits per heavy atom. The molecule has 1 N–H and O–H groups in total. The molecule has 4 saturated heterocycles. The van der Waals surface area contributed by atoms with Gasteiger partial charge in [-0.05, 0) is 98.1 Å². The smallest absolute Gasteiger partial charge is 0.128 e. The Morgan fingerprint density at radius 2 is 0.931 bits per heavy atom. The van der Waals surface area contributed by atoms with Crippen molar-refractivity contribution < 1.29 is 9.84 Å². The van der Waals surface area contributed by atoms with Gasteiger partial charge in [0.2, 0.25) is 0 Å². The molecule has 0 radical (unpaired) electrons. The van der Waals surface area contributed by atoms with E-state index in [1.54, 1.807) is 7.11 Å². The summed E-state index contributed by atoms with van der Waals surface area (Å²) in [5.41, 5.74) is 8.71. The molecule has 4 aliphatic rings. The fraction of sp³-hybridized carbons (Fsp3) is 0.644. The van der Waals surface area contributed by atoms with Crippen LogP contribution in [0.15, 0.2) is 73.2 Å². The minimum atomic E-state index is 0.255. The monoisotopic (exact) mass is 992 g/mol. The standard InChI is InChI=1S/C16H26N2O.C15H25N3.C14H23N3O.C14H23N3/c1-5-17-8-10-18(11-9-17)14-6-7-15(13(2)3)16(12-14)19-4;1-12(2)14-5-6-15(16-11-14)18-9-7-17(8-10-18)13(3)4;1-12(2)14-4-3-13(11-15-14)17-7-5-16(6-8-17)9-10-18;1-4-16-7-9-17(10-8-16)13-5-6-14(12(2)3)15-11-13/h6-7,12-13H,5,8-11H2,1-4H3;5-6,11-13H,7-10H2,1-4H3;3-4,11-12,18H,5-10H2,1-2H3;5-6,11-12H,4,7-10H2,1-3H3. The van der Waals surface area contributed by atoms with E-state index in [0.29, 0.717) is 29.7 Å². The number of hydrogen-bond donors (Lipinski definition) is 1. The number of aromatic nitrogens is 3. The molecule has 0 spiro atoms.